The average Bonchev–Trinajstić information content (AvgIpc) is 2.66. The molecule has 0 aliphatic rings. The molecule has 0 unspecified atom stereocenters. The molecule has 1 aromatic rings. The second-order valence-electron chi connectivity index (χ2n) is 6.73. The lowest BCUT2D eigenvalue weighted by Gasteiger charge is -2.07. The average molecular weight is 339 g/mol. The minimum absolute atomic E-state index is 0.700. The van der Waals surface area contributed by atoms with Crippen molar-refractivity contribution in [3.63, 3.8) is 0 Å². The van der Waals surface area contributed by atoms with Crippen LogP contribution in [0.4, 0.5) is 0 Å². The van der Waals surface area contributed by atoms with E-state index in [1.807, 2.05) is 6.07 Å². The van der Waals surface area contributed by atoms with Gasteiger partial charge in [-0.05, 0) is 64.5 Å². The van der Waals surface area contributed by atoms with Gasteiger partial charge in [-0.3, -0.25) is 0 Å². The fraction of sp³-hybridized carbons (Fsp3) is 0.440. The van der Waals surface area contributed by atoms with Gasteiger partial charge in [0.2, 0.25) is 0 Å². The molecule has 0 fully saturated rings. The molecule has 0 heterocycles. The third kappa shape index (κ3) is 9.92. The van der Waals surface area contributed by atoms with Gasteiger partial charge in [0.05, 0.1) is 0 Å². The minimum Gasteiger partial charge on any atom is -0.0841 e. The van der Waals surface area contributed by atoms with E-state index in [2.05, 4.69) is 104 Å². The number of rotatable bonds is 6. The SMILES string of the molecule is C/C=C(\C)c1ccccc1.CC\C(C)=C(C)/C=C\C=C(\C)[C@H](C)CC. The summed E-state index contributed by atoms with van der Waals surface area (Å²) in [6, 6.07) is 10.4. The maximum Gasteiger partial charge on any atom is -0.0231 e. The van der Waals surface area contributed by atoms with Crippen molar-refractivity contribution < 1.29 is 0 Å². The van der Waals surface area contributed by atoms with E-state index in [0.717, 1.165) is 6.42 Å². The van der Waals surface area contributed by atoms with E-state index in [1.54, 1.807) is 0 Å². The summed E-state index contributed by atoms with van der Waals surface area (Å²) in [6.07, 6.45) is 11.1. The van der Waals surface area contributed by atoms with Crippen molar-refractivity contribution in [1.82, 2.24) is 0 Å². The third-order valence-corrected chi connectivity index (χ3v) is 4.96. The van der Waals surface area contributed by atoms with Crippen LogP contribution in [0.5, 0.6) is 0 Å². The van der Waals surface area contributed by atoms with Crippen LogP contribution in [-0.4, -0.2) is 0 Å². The molecule has 1 atom stereocenters. The molecule has 0 N–H and O–H groups in total. The normalized spacial score (nSPS) is 14.7. The predicted molar refractivity (Wildman–Crippen MR) is 117 cm³/mol. The molecule has 0 aromatic heterocycles. The zero-order chi connectivity index (χ0) is 19.2. The van der Waals surface area contributed by atoms with Gasteiger partial charge in [-0.25, -0.2) is 0 Å². The van der Waals surface area contributed by atoms with E-state index in [4.69, 9.17) is 0 Å². The molecule has 25 heavy (non-hydrogen) atoms. The highest BCUT2D eigenvalue weighted by atomic mass is 14.0. The fourth-order valence-electron chi connectivity index (χ4n) is 2.12. The van der Waals surface area contributed by atoms with Gasteiger partial charge in [-0.15, -0.1) is 0 Å². The number of allylic oxidation sites excluding steroid dienone is 8. The lowest BCUT2D eigenvalue weighted by atomic mass is 9.99. The summed E-state index contributed by atoms with van der Waals surface area (Å²) in [5, 5.41) is 0. The van der Waals surface area contributed by atoms with Crippen LogP contribution in [0.3, 0.4) is 0 Å². The van der Waals surface area contributed by atoms with Crippen molar-refractivity contribution in [1.29, 1.82) is 0 Å². The van der Waals surface area contributed by atoms with Crippen LogP contribution in [0, 0.1) is 5.92 Å². The Balaban J connectivity index is 0.000000496. The first-order valence-electron chi connectivity index (χ1n) is 9.56. The highest BCUT2D eigenvalue weighted by molar-refractivity contribution is 5.62. The molecule has 1 aromatic carbocycles. The Kier molecular flexibility index (Phi) is 12.5. The molecular formula is C25H38. The molecule has 0 saturated heterocycles. The second kappa shape index (κ2) is 13.5. The van der Waals surface area contributed by atoms with Crippen LogP contribution >= 0.6 is 0 Å². The minimum atomic E-state index is 0.700. The van der Waals surface area contributed by atoms with E-state index in [9.17, 15) is 0 Å². The van der Waals surface area contributed by atoms with Crippen molar-refractivity contribution in [2.75, 3.05) is 0 Å². The first-order valence-corrected chi connectivity index (χ1v) is 9.56. The molecule has 0 heteroatoms. The fourth-order valence-corrected chi connectivity index (χ4v) is 2.12. The van der Waals surface area contributed by atoms with E-state index in [1.165, 1.54) is 34.3 Å². The van der Waals surface area contributed by atoms with Crippen molar-refractivity contribution in [2.24, 2.45) is 5.92 Å². The van der Waals surface area contributed by atoms with Gasteiger partial charge < -0.3 is 0 Å². The van der Waals surface area contributed by atoms with Crippen LogP contribution in [0.15, 0.2) is 71.4 Å². The highest BCUT2D eigenvalue weighted by Gasteiger charge is 1.98. The zero-order valence-corrected chi connectivity index (χ0v) is 17.7. The molecule has 0 radical (unpaired) electrons. The summed E-state index contributed by atoms with van der Waals surface area (Å²) < 4.78 is 0. The van der Waals surface area contributed by atoms with Crippen molar-refractivity contribution in [2.45, 2.75) is 68.2 Å². The van der Waals surface area contributed by atoms with Gasteiger partial charge in [0.15, 0.2) is 0 Å². The van der Waals surface area contributed by atoms with Gasteiger partial charge in [0, 0.05) is 0 Å². The lowest BCUT2D eigenvalue weighted by molar-refractivity contribution is 0.655. The Bertz CT molecular complexity index is 594. The summed E-state index contributed by atoms with van der Waals surface area (Å²) in [4.78, 5) is 0. The molecule has 0 spiro atoms. The van der Waals surface area contributed by atoms with Crippen LogP contribution in [0.2, 0.25) is 0 Å². The van der Waals surface area contributed by atoms with E-state index in [0.29, 0.717) is 5.92 Å². The zero-order valence-electron chi connectivity index (χ0n) is 17.7. The Morgan fingerprint density at radius 1 is 1.00 bits per heavy atom. The number of hydrogen-bond acceptors (Lipinski definition) is 0. The quantitative estimate of drug-likeness (QED) is 0.457. The summed E-state index contributed by atoms with van der Waals surface area (Å²) in [6.45, 7) is 17.5. The number of hydrogen-bond donors (Lipinski definition) is 0. The first kappa shape index (κ1) is 23.2. The van der Waals surface area contributed by atoms with Crippen molar-refractivity contribution in [3.8, 4) is 0 Å². The second-order valence-corrected chi connectivity index (χ2v) is 6.73. The molecule has 0 nitrogen and oxygen atoms in total. The Morgan fingerprint density at radius 3 is 2.08 bits per heavy atom. The van der Waals surface area contributed by atoms with Crippen LogP contribution in [0.25, 0.3) is 5.57 Å². The summed E-state index contributed by atoms with van der Waals surface area (Å²) >= 11 is 0. The summed E-state index contributed by atoms with van der Waals surface area (Å²) in [5.74, 6) is 0.700. The van der Waals surface area contributed by atoms with E-state index >= 15 is 0 Å². The highest BCUT2D eigenvalue weighted by Crippen LogP contribution is 2.14. The maximum absolute atomic E-state index is 2.28. The van der Waals surface area contributed by atoms with Crippen LogP contribution in [-0.2, 0) is 0 Å². The van der Waals surface area contributed by atoms with E-state index < -0.39 is 0 Å². The van der Waals surface area contributed by atoms with Gasteiger partial charge in [-0.1, -0.05) is 92.1 Å². The number of benzene rings is 1. The standard InChI is InChI=1S/C15H26.C10H12/c1-7-12(3)14(5)10-9-11-15(6)13(4)8-2;1-3-9(2)10-7-5-4-6-8-10/h9-12H,7-8H2,1-6H3;3-8H,1-2H3/b11-9-,14-10-,15-13-;9-3+/t12-;/m1./s1. The van der Waals surface area contributed by atoms with Gasteiger partial charge in [0.1, 0.15) is 0 Å². The van der Waals surface area contributed by atoms with E-state index in [-0.39, 0.29) is 0 Å². The summed E-state index contributed by atoms with van der Waals surface area (Å²) in [5.41, 5.74) is 6.98. The molecule has 1 rings (SSSR count). The topological polar surface area (TPSA) is 0 Å². The van der Waals surface area contributed by atoms with Gasteiger partial charge >= 0.3 is 0 Å². The maximum atomic E-state index is 2.28. The van der Waals surface area contributed by atoms with Crippen molar-refractivity contribution >= 4 is 5.57 Å². The van der Waals surface area contributed by atoms with Gasteiger partial charge in [0.25, 0.3) is 0 Å². The molecule has 0 aliphatic heterocycles. The van der Waals surface area contributed by atoms with Crippen LogP contribution < -0.4 is 0 Å². The summed E-state index contributed by atoms with van der Waals surface area (Å²) in [7, 11) is 0. The van der Waals surface area contributed by atoms with Crippen LogP contribution in [0.1, 0.15) is 73.8 Å². The Hall–Kier alpha value is -1.82. The monoisotopic (exact) mass is 338 g/mol. The van der Waals surface area contributed by atoms with Gasteiger partial charge in [-0.2, -0.15) is 0 Å². The predicted octanol–water partition coefficient (Wildman–Crippen LogP) is 8.39. The Morgan fingerprint density at radius 2 is 1.60 bits per heavy atom. The molecular weight excluding hydrogens is 300 g/mol. The third-order valence-electron chi connectivity index (χ3n) is 4.96. The smallest absolute Gasteiger partial charge is 0.0231 e. The molecule has 0 amide bonds. The molecule has 0 bridgehead atoms. The van der Waals surface area contributed by atoms with Crippen molar-refractivity contribution in [3.05, 3.63) is 76.9 Å². The Labute approximate surface area is 157 Å². The molecule has 0 aliphatic carbocycles. The lowest BCUT2D eigenvalue weighted by Crippen LogP contribution is -1.92. The molecule has 138 valence electrons. The molecule has 0 saturated carbocycles. The largest absolute Gasteiger partial charge is 0.0841 e. The first-order chi connectivity index (χ1) is 11.9.